The average Bonchev–Trinajstić information content (AvgIpc) is 3.29. The Morgan fingerprint density at radius 3 is 2.39 bits per heavy atom. The van der Waals surface area contributed by atoms with Crippen LogP contribution in [0.15, 0.2) is 24.3 Å². The fourth-order valence-electron chi connectivity index (χ4n) is 4.01. The second-order valence-electron chi connectivity index (χ2n) is 9.12. The highest BCUT2D eigenvalue weighted by Gasteiger charge is 2.41. The van der Waals surface area contributed by atoms with Crippen LogP contribution in [0, 0.1) is 11.7 Å². The molecule has 5 atom stereocenters. The number of aldehydes is 1. The number of aliphatic carboxylic acids is 1. The van der Waals surface area contributed by atoms with Crippen LogP contribution in [0.1, 0.15) is 40.0 Å². The summed E-state index contributed by atoms with van der Waals surface area (Å²) >= 11 is 0. The predicted molar refractivity (Wildman–Crippen MR) is 131 cm³/mol. The molecular formula is C25H33FN4O8. The first kappa shape index (κ1) is 30.2. The van der Waals surface area contributed by atoms with E-state index in [4.69, 9.17) is 9.84 Å². The molecule has 0 spiro atoms. The van der Waals surface area contributed by atoms with Crippen LogP contribution in [0.5, 0.6) is 5.75 Å². The third-order valence-electron chi connectivity index (χ3n) is 6.16. The van der Waals surface area contributed by atoms with E-state index in [9.17, 15) is 33.2 Å². The number of benzene rings is 1. The Kier molecular flexibility index (Phi) is 11.2. The number of ether oxygens (including phenoxy) is 1. The van der Waals surface area contributed by atoms with Crippen molar-refractivity contribution in [3.8, 4) is 5.75 Å². The molecule has 12 nitrogen and oxygen atoms in total. The molecule has 208 valence electrons. The third kappa shape index (κ3) is 8.82. The topological polar surface area (TPSA) is 171 Å². The van der Waals surface area contributed by atoms with Crippen LogP contribution >= 0.6 is 0 Å². The normalized spacial score (nSPS) is 19.0. The van der Waals surface area contributed by atoms with Crippen LogP contribution in [0.25, 0.3) is 0 Å². The maximum atomic E-state index is 13.2. The highest BCUT2D eigenvalue weighted by atomic mass is 19.1. The quantitative estimate of drug-likeness (QED) is 0.255. The first-order chi connectivity index (χ1) is 17.9. The molecule has 0 aliphatic carbocycles. The van der Waals surface area contributed by atoms with Gasteiger partial charge in [-0.05, 0) is 30.2 Å². The Morgan fingerprint density at radius 1 is 1.18 bits per heavy atom. The number of rotatable bonds is 13. The summed E-state index contributed by atoms with van der Waals surface area (Å²) in [5.74, 6) is -4.02. The van der Waals surface area contributed by atoms with E-state index in [1.54, 1.807) is 6.92 Å². The second kappa shape index (κ2) is 14.1. The van der Waals surface area contributed by atoms with Gasteiger partial charge in [0.2, 0.25) is 23.6 Å². The Hall–Kier alpha value is -4.03. The van der Waals surface area contributed by atoms with Crippen molar-refractivity contribution in [2.75, 3.05) is 13.1 Å². The fraction of sp³-hybridized carbons (Fsp3) is 0.520. The molecule has 1 aliphatic rings. The highest BCUT2D eigenvalue weighted by Crippen LogP contribution is 2.24. The molecule has 0 aromatic heterocycles. The van der Waals surface area contributed by atoms with E-state index in [2.05, 4.69) is 16.0 Å². The zero-order valence-corrected chi connectivity index (χ0v) is 21.4. The largest absolute Gasteiger partial charge is 0.488 e. The molecule has 0 unspecified atom stereocenters. The Labute approximate surface area is 219 Å². The smallest absolute Gasteiger partial charge is 0.305 e. The molecule has 1 fully saturated rings. The van der Waals surface area contributed by atoms with Gasteiger partial charge in [-0.25, -0.2) is 4.39 Å². The number of carboxylic acid groups (broad SMARTS) is 1. The van der Waals surface area contributed by atoms with Crippen LogP contribution in [-0.2, 0) is 28.8 Å². The van der Waals surface area contributed by atoms with Gasteiger partial charge in [-0.2, -0.15) is 0 Å². The Balaban J connectivity index is 2.16. The summed E-state index contributed by atoms with van der Waals surface area (Å²) in [7, 11) is 0. The van der Waals surface area contributed by atoms with Crippen LogP contribution in [-0.4, -0.2) is 83.2 Å². The second-order valence-corrected chi connectivity index (χ2v) is 9.12. The van der Waals surface area contributed by atoms with Crippen molar-refractivity contribution in [3.63, 3.8) is 0 Å². The molecule has 2 rings (SSSR count). The number of carboxylic acids is 1. The van der Waals surface area contributed by atoms with Crippen molar-refractivity contribution in [3.05, 3.63) is 30.1 Å². The average molecular weight is 537 g/mol. The van der Waals surface area contributed by atoms with E-state index in [0.717, 1.165) is 0 Å². The maximum absolute atomic E-state index is 13.2. The molecule has 0 radical (unpaired) electrons. The summed E-state index contributed by atoms with van der Waals surface area (Å²) in [6, 6.07) is 1.88. The van der Waals surface area contributed by atoms with Gasteiger partial charge in [0, 0.05) is 13.3 Å². The summed E-state index contributed by atoms with van der Waals surface area (Å²) in [4.78, 5) is 73.7. The van der Waals surface area contributed by atoms with Crippen molar-refractivity contribution in [1.82, 2.24) is 20.9 Å². The number of nitrogens with zero attached hydrogens (tertiary/aromatic N) is 1. The highest BCUT2D eigenvalue weighted by molar-refractivity contribution is 5.93. The zero-order chi connectivity index (χ0) is 28.4. The number of hydrogen-bond donors (Lipinski definition) is 4. The number of nitrogens with one attached hydrogen (secondary N) is 3. The lowest BCUT2D eigenvalue weighted by Gasteiger charge is -2.26. The van der Waals surface area contributed by atoms with Crippen molar-refractivity contribution in [2.24, 2.45) is 5.92 Å². The lowest BCUT2D eigenvalue weighted by atomic mass is 9.98. The van der Waals surface area contributed by atoms with Gasteiger partial charge in [0.15, 0.2) is 0 Å². The van der Waals surface area contributed by atoms with E-state index in [1.807, 2.05) is 6.92 Å². The number of carbonyl (C=O) groups excluding carboxylic acids is 5. The zero-order valence-electron chi connectivity index (χ0n) is 21.4. The lowest BCUT2D eigenvalue weighted by Crippen LogP contribution is -2.54. The first-order valence-corrected chi connectivity index (χ1v) is 12.2. The number of amides is 4. The molecule has 1 saturated heterocycles. The van der Waals surface area contributed by atoms with Gasteiger partial charge in [-0.1, -0.05) is 20.3 Å². The number of halogens is 1. The molecule has 13 heteroatoms. The lowest BCUT2D eigenvalue weighted by molar-refractivity contribution is -0.141. The molecule has 1 aromatic carbocycles. The number of likely N-dealkylation sites (tertiary alicyclic amines) is 1. The minimum absolute atomic E-state index is 0.00291. The monoisotopic (exact) mass is 536 g/mol. The van der Waals surface area contributed by atoms with Crippen molar-refractivity contribution in [2.45, 2.75) is 64.3 Å². The van der Waals surface area contributed by atoms with Crippen molar-refractivity contribution < 1.29 is 43.0 Å². The fourth-order valence-corrected chi connectivity index (χ4v) is 4.01. The molecule has 4 N–H and O–H groups in total. The summed E-state index contributed by atoms with van der Waals surface area (Å²) in [5, 5.41) is 16.3. The predicted octanol–water partition coefficient (Wildman–Crippen LogP) is -0.000600. The van der Waals surface area contributed by atoms with Crippen LogP contribution in [0.2, 0.25) is 0 Å². The van der Waals surface area contributed by atoms with E-state index in [0.29, 0.717) is 12.2 Å². The van der Waals surface area contributed by atoms with Crippen LogP contribution in [0.4, 0.5) is 4.39 Å². The number of carbonyl (C=O) groups is 6. The molecule has 4 amide bonds. The molecule has 1 aromatic rings. The standard InChI is InChI=1S/C25H33FN4O8/c1-4-14(2)23(28-15(3)32)25(37)27-11-21(33)30-12-19(38-18-7-5-16(26)6-8-18)10-20(30)24(36)29-17(13-31)9-22(34)35/h5-8,13-14,17,19-20,23H,4,9-12H2,1-3H3,(H,27,37)(H,28,32)(H,29,36)(H,34,35)/t14-,17-,19-,20-,23-/m0/s1. The van der Waals surface area contributed by atoms with Gasteiger partial charge < -0.3 is 35.5 Å². The van der Waals surface area contributed by atoms with Crippen molar-refractivity contribution >= 4 is 35.9 Å². The van der Waals surface area contributed by atoms with Gasteiger partial charge in [0.1, 0.15) is 36.0 Å². The van der Waals surface area contributed by atoms with Gasteiger partial charge in [0.25, 0.3) is 0 Å². The summed E-state index contributed by atoms with van der Waals surface area (Å²) in [6.07, 6.45) is -0.434. The van der Waals surface area contributed by atoms with E-state index >= 15 is 0 Å². The minimum Gasteiger partial charge on any atom is -0.488 e. The van der Waals surface area contributed by atoms with Crippen LogP contribution < -0.4 is 20.7 Å². The molecule has 0 saturated carbocycles. The third-order valence-corrected chi connectivity index (χ3v) is 6.16. The SMILES string of the molecule is CC[C@H](C)[C@H](NC(C)=O)C(=O)NCC(=O)N1C[C@@H](Oc2ccc(F)cc2)C[C@H]1C(=O)N[C@H](C=O)CC(=O)O. The van der Waals surface area contributed by atoms with Crippen LogP contribution in [0.3, 0.4) is 0 Å². The summed E-state index contributed by atoms with van der Waals surface area (Å²) in [5.41, 5.74) is 0. The minimum atomic E-state index is -1.30. The number of hydrogen-bond acceptors (Lipinski definition) is 7. The van der Waals surface area contributed by atoms with Crippen molar-refractivity contribution in [1.29, 1.82) is 0 Å². The molecular weight excluding hydrogens is 503 g/mol. The van der Waals surface area contributed by atoms with E-state index in [-0.39, 0.29) is 25.2 Å². The Morgan fingerprint density at radius 2 is 1.84 bits per heavy atom. The van der Waals surface area contributed by atoms with Gasteiger partial charge in [-0.3, -0.25) is 24.0 Å². The van der Waals surface area contributed by atoms with Gasteiger partial charge in [-0.15, -0.1) is 0 Å². The summed E-state index contributed by atoms with van der Waals surface area (Å²) < 4.78 is 19.0. The Bertz CT molecular complexity index is 1030. The van der Waals surface area contributed by atoms with E-state index in [1.165, 1.54) is 36.1 Å². The first-order valence-electron chi connectivity index (χ1n) is 12.2. The molecule has 1 heterocycles. The van der Waals surface area contributed by atoms with Gasteiger partial charge >= 0.3 is 5.97 Å². The maximum Gasteiger partial charge on any atom is 0.305 e. The molecule has 0 bridgehead atoms. The molecule has 38 heavy (non-hydrogen) atoms. The van der Waals surface area contributed by atoms with E-state index < -0.39 is 72.6 Å². The summed E-state index contributed by atoms with van der Waals surface area (Å²) in [6.45, 7) is 4.36. The van der Waals surface area contributed by atoms with Gasteiger partial charge in [0.05, 0.1) is 25.6 Å². The molecule has 1 aliphatic heterocycles.